The first kappa shape index (κ1) is 24.4. The van der Waals surface area contributed by atoms with Crippen molar-refractivity contribution < 1.29 is 22.7 Å². The summed E-state index contributed by atoms with van der Waals surface area (Å²) < 4.78 is 44.8. The third kappa shape index (κ3) is 5.11. The first-order valence-electron chi connectivity index (χ1n) is 11.7. The molecule has 0 radical (unpaired) electrons. The number of carbonyl (C=O) groups is 1. The molecule has 1 aromatic heterocycles. The third-order valence-electron chi connectivity index (χ3n) is 6.64. The number of urea groups is 1. The molecule has 188 valence electrons. The molecule has 3 aromatic rings. The lowest BCUT2D eigenvalue weighted by Crippen LogP contribution is -2.42. The predicted octanol–water partition coefficient (Wildman–Crippen LogP) is 6.11. The molecule has 0 bridgehead atoms. The standard InChI is InChI=1S/C26H24ClF3N4O2/c27-19-6-3-16(4-7-19)12-17-14-31-15-32-24(17)22-2-1-10-34(22)25(35)33-21-9-11-36-23-13-18(26(28,29)30)5-8-20(21)23/h3-8,13-15,21-22H,1-2,9-12H2,(H,33,35). The number of aromatic nitrogens is 2. The van der Waals surface area contributed by atoms with Crippen molar-refractivity contribution in [3.63, 3.8) is 0 Å². The van der Waals surface area contributed by atoms with Crippen molar-refractivity contribution in [2.45, 2.75) is 43.9 Å². The second kappa shape index (κ2) is 9.97. The summed E-state index contributed by atoms with van der Waals surface area (Å²) in [7, 11) is 0. The van der Waals surface area contributed by atoms with E-state index in [2.05, 4.69) is 15.3 Å². The number of likely N-dealkylation sites (tertiary alicyclic amines) is 1. The molecule has 3 heterocycles. The van der Waals surface area contributed by atoms with Gasteiger partial charge in [0.1, 0.15) is 12.1 Å². The van der Waals surface area contributed by atoms with Crippen LogP contribution in [0.1, 0.15) is 59.3 Å². The molecule has 2 aliphatic rings. The van der Waals surface area contributed by atoms with Gasteiger partial charge in [0.05, 0.1) is 29.9 Å². The minimum absolute atomic E-state index is 0.153. The number of ether oxygens (including phenoxy) is 1. The van der Waals surface area contributed by atoms with Crippen LogP contribution in [0.15, 0.2) is 55.0 Å². The summed E-state index contributed by atoms with van der Waals surface area (Å²) >= 11 is 6.01. The zero-order valence-corrected chi connectivity index (χ0v) is 20.0. The van der Waals surface area contributed by atoms with Crippen LogP contribution >= 0.6 is 11.6 Å². The number of hydrogen-bond acceptors (Lipinski definition) is 4. The molecule has 5 rings (SSSR count). The maximum absolute atomic E-state index is 13.4. The molecule has 10 heteroatoms. The van der Waals surface area contributed by atoms with Gasteiger partial charge in [0.2, 0.25) is 0 Å². The molecule has 1 saturated heterocycles. The number of rotatable bonds is 4. The van der Waals surface area contributed by atoms with E-state index in [1.807, 2.05) is 24.3 Å². The topological polar surface area (TPSA) is 67.3 Å². The SMILES string of the molecule is O=C(NC1CCOc2cc(C(F)(F)F)ccc21)N1CCCC1c1ncncc1Cc1ccc(Cl)cc1. The summed E-state index contributed by atoms with van der Waals surface area (Å²) in [5, 5.41) is 3.68. The van der Waals surface area contributed by atoms with Crippen LogP contribution in [-0.4, -0.2) is 34.1 Å². The average Bonchev–Trinajstić information content (AvgIpc) is 3.35. The van der Waals surface area contributed by atoms with Gasteiger partial charge >= 0.3 is 12.2 Å². The van der Waals surface area contributed by atoms with Gasteiger partial charge in [0.25, 0.3) is 0 Å². The van der Waals surface area contributed by atoms with Crippen molar-refractivity contribution in [1.82, 2.24) is 20.2 Å². The van der Waals surface area contributed by atoms with E-state index in [0.29, 0.717) is 30.0 Å². The van der Waals surface area contributed by atoms with Gasteiger partial charge in [-0.25, -0.2) is 14.8 Å². The Balaban J connectivity index is 1.34. The first-order valence-corrected chi connectivity index (χ1v) is 12.1. The average molecular weight is 517 g/mol. The highest BCUT2D eigenvalue weighted by molar-refractivity contribution is 6.30. The van der Waals surface area contributed by atoms with Gasteiger partial charge in [0.15, 0.2) is 0 Å². The number of carbonyl (C=O) groups excluding carboxylic acids is 1. The van der Waals surface area contributed by atoms with Crippen LogP contribution in [0, 0.1) is 0 Å². The summed E-state index contributed by atoms with van der Waals surface area (Å²) in [6.07, 6.45) is 1.46. The van der Waals surface area contributed by atoms with Crippen LogP contribution in [0.25, 0.3) is 0 Å². The highest BCUT2D eigenvalue weighted by Crippen LogP contribution is 2.39. The van der Waals surface area contributed by atoms with E-state index in [1.165, 1.54) is 12.4 Å². The fourth-order valence-electron chi connectivity index (χ4n) is 4.87. The summed E-state index contributed by atoms with van der Waals surface area (Å²) in [6, 6.07) is 10.0. The molecular formula is C26H24ClF3N4O2. The minimum Gasteiger partial charge on any atom is -0.493 e. The van der Waals surface area contributed by atoms with Crippen molar-refractivity contribution in [2.24, 2.45) is 0 Å². The molecule has 2 aliphatic heterocycles. The molecule has 1 N–H and O–H groups in total. The molecular weight excluding hydrogens is 493 g/mol. The van der Waals surface area contributed by atoms with Gasteiger partial charge in [0, 0.05) is 36.2 Å². The maximum Gasteiger partial charge on any atom is 0.416 e. The van der Waals surface area contributed by atoms with Gasteiger partial charge in [-0.05, 0) is 48.2 Å². The van der Waals surface area contributed by atoms with Crippen LogP contribution in [0.4, 0.5) is 18.0 Å². The van der Waals surface area contributed by atoms with Gasteiger partial charge in [-0.1, -0.05) is 29.8 Å². The monoisotopic (exact) mass is 516 g/mol. The van der Waals surface area contributed by atoms with Gasteiger partial charge in [-0.3, -0.25) is 0 Å². The zero-order chi connectivity index (χ0) is 25.3. The Labute approximate surface area is 211 Å². The normalized spacial score (nSPS) is 19.5. The van der Waals surface area contributed by atoms with Crippen molar-refractivity contribution in [3.8, 4) is 5.75 Å². The summed E-state index contributed by atoms with van der Waals surface area (Å²) in [5.74, 6) is 0.153. The molecule has 2 atom stereocenters. The number of halogens is 4. The highest BCUT2D eigenvalue weighted by atomic mass is 35.5. The summed E-state index contributed by atoms with van der Waals surface area (Å²) in [4.78, 5) is 23.9. The van der Waals surface area contributed by atoms with Crippen LogP contribution in [0.3, 0.4) is 0 Å². The zero-order valence-electron chi connectivity index (χ0n) is 19.3. The molecule has 2 unspecified atom stereocenters. The molecule has 6 nitrogen and oxygen atoms in total. The Kier molecular flexibility index (Phi) is 6.75. The van der Waals surface area contributed by atoms with E-state index in [1.54, 1.807) is 11.1 Å². The molecule has 0 spiro atoms. The Morgan fingerprint density at radius 3 is 2.75 bits per heavy atom. The number of nitrogens with zero attached hydrogens (tertiary/aromatic N) is 3. The number of alkyl halides is 3. The number of fused-ring (bicyclic) bond motifs is 1. The van der Waals surface area contributed by atoms with Crippen LogP contribution in [-0.2, 0) is 12.6 Å². The summed E-state index contributed by atoms with van der Waals surface area (Å²) in [6.45, 7) is 0.782. The van der Waals surface area contributed by atoms with E-state index < -0.39 is 17.8 Å². The quantitative estimate of drug-likeness (QED) is 0.454. The number of benzene rings is 2. The lowest BCUT2D eigenvalue weighted by Gasteiger charge is -2.31. The Bertz CT molecular complexity index is 1250. The van der Waals surface area contributed by atoms with Crippen molar-refractivity contribution in [1.29, 1.82) is 0 Å². The van der Waals surface area contributed by atoms with Crippen LogP contribution < -0.4 is 10.1 Å². The third-order valence-corrected chi connectivity index (χ3v) is 6.89. The Morgan fingerprint density at radius 1 is 1.17 bits per heavy atom. The largest absolute Gasteiger partial charge is 0.493 e. The highest BCUT2D eigenvalue weighted by Gasteiger charge is 2.36. The molecule has 2 aromatic carbocycles. The lowest BCUT2D eigenvalue weighted by molar-refractivity contribution is -0.137. The van der Waals surface area contributed by atoms with E-state index in [9.17, 15) is 18.0 Å². The Hall–Kier alpha value is -3.33. The number of hydrogen-bond donors (Lipinski definition) is 1. The van der Waals surface area contributed by atoms with Crippen LogP contribution in [0.5, 0.6) is 5.75 Å². The van der Waals surface area contributed by atoms with E-state index in [0.717, 1.165) is 41.8 Å². The van der Waals surface area contributed by atoms with Gasteiger partial charge in [-0.2, -0.15) is 13.2 Å². The first-order chi connectivity index (χ1) is 17.3. The van der Waals surface area contributed by atoms with Crippen molar-refractivity contribution in [3.05, 3.63) is 88.0 Å². The second-order valence-corrected chi connectivity index (χ2v) is 9.41. The maximum atomic E-state index is 13.4. The molecule has 2 amide bonds. The van der Waals surface area contributed by atoms with E-state index in [-0.39, 0.29) is 24.4 Å². The molecule has 0 aliphatic carbocycles. The molecule has 36 heavy (non-hydrogen) atoms. The van der Waals surface area contributed by atoms with Gasteiger partial charge < -0.3 is 15.0 Å². The smallest absolute Gasteiger partial charge is 0.416 e. The van der Waals surface area contributed by atoms with Gasteiger partial charge in [-0.15, -0.1) is 0 Å². The van der Waals surface area contributed by atoms with Crippen molar-refractivity contribution >= 4 is 17.6 Å². The fourth-order valence-corrected chi connectivity index (χ4v) is 4.99. The molecule has 1 fully saturated rings. The minimum atomic E-state index is -4.46. The van der Waals surface area contributed by atoms with Crippen LogP contribution in [0.2, 0.25) is 5.02 Å². The predicted molar refractivity (Wildman–Crippen MR) is 128 cm³/mol. The lowest BCUT2D eigenvalue weighted by atomic mass is 9.98. The Morgan fingerprint density at radius 2 is 1.97 bits per heavy atom. The van der Waals surface area contributed by atoms with E-state index in [4.69, 9.17) is 16.3 Å². The fraction of sp³-hybridized carbons (Fsp3) is 0.346. The number of nitrogens with one attached hydrogen (secondary N) is 1. The van der Waals surface area contributed by atoms with Crippen molar-refractivity contribution in [2.75, 3.05) is 13.2 Å². The summed E-state index contributed by atoms with van der Waals surface area (Å²) in [5.41, 5.74) is 2.56. The number of amides is 2. The molecule has 0 saturated carbocycles. The van der Waals surface area contributed by atoms with E-state index >= 15 is 0 Å². The second-order valence-electron chi connectivity index (χ2n) is 8.98.